The molecule has 3 rings (SSSR count). The second-order valence-corrected chi connectivity index (χ2v) is 6.40. The standard InChI is InChI=1S/C21H18N2O6/c1-22(2)20(24)19(15-6-4-3-5-7-15)29-21(25)18-13-12-17(28-18)14-8-10-16(11-9-14)23(26)27/h3-13,19H,1-2H3/t19-/m0/s1. The largest absolute Gasteiger partial charge is 0.449 e. The number of hydrogen-bond donors (Lipinski definition) is 0. The van der Waals surface area contributed by atoms with Crippen molar-refractivity contribution in [2.45, 2.75) is 6.10 Å². The first kappa shape index (κ1) is 19.8. The van der Waals surface area contributed by atoms with Gasteiger partial charge in [0.15, 0.2) is 0 Å². The van der Waals surface area contributed by atoms with Crippen LogP contribution in [0.3, 0.4) is 0 Å². The molecule has 0 aliphatic rings. The predicted octanol–water partition coefficient (Wildman–Crippen LogP) is 3.84. The fourth-order valence-corrected chi connectivity index (χ4v) is 2.64. The van der Waals surface area contributed by atoms with Gasteiger partial charge in [-0.2, -0.15) is 0 Å². The van der Waals surface area contributed by atoms with Gasteiger partial charge in [-0.3, -0.25) is 14.9 Å². The molecule has 29 heavy (non-hydrogen) atoms. The summed E-state index contributed by atoms with van der Waals surface area (Å²) in [7, 11) is 3.15. The number of likely N-dealkylation sites (N-methyl/N-ethyl adjacent to an activating group) is 1. The van der Waals surface area contributed by atoms with Gasteiger partial charge >= 0.3 is 5.97 Å². The summed E-state index contributed by atoms with van der Waals surface area (Å²) in [5.74, 6) is -0.901. The number of rotatable bonds is 6. The lowest BCUT2D eigenvalue weighted by molar-refractivity contribution is -0.384. The lowest BCUT2D eigenvalue weighted by Crippen LogP contribution is -2.31. The molecule has 8 heteroatoms. The second kappa shape index (κ2) is 8.39. The maximum absolute atomic E-state index is 12.6. The van der Waals surface area contributed by atoms with Crippen molar-refractivity contribution in [2.75, 3.05) is 14.1 Å². The van der Waals surface area contributed by atoms with Gasteiger partial charge in [0, 0.05) is 37.4 Å². The SMILES string of the molecule is CN(C)C(=O)[C@@H](OC(=O)c1ccc(-c2ccc([N+](=O)[O-])cc2)o1)c1ccccc1. The molecule has 0 saturated heterocycles. The van der Waals surface area contributed by atoms with Crippen LogP contribution in [0.15, 0.2) is 71.1 Å². The highest BCUT2D eigenvalue weighted by Gasteiger charge is 2.28. The van der Waals surface area contributed by atoms with Crippen molar-refractivity contribution < 1.29 is 23.7 Å². The molecule has 0 aliphatic carbocycles. The molecule has 0 N–H and O–H groups in total. The van der Waals surface area contributed by atoms with Crippen molar-refractivity contribution >= 4 is 17.6 Å². The highest BCUT2D eigenvalue weighted by molar-refractivity contribution is 5.91. The Morgan fingerprint density at radius 3 is 2.24 bits per heavy atom. The van der Waals surface area contributed by atoms with Gasteiger partial charge in [0.05, 0.1) is 4.92 Å². The van der Waals surface area contributed by atoms with E-state index in [4.69, 9.17) is 9.15 Å². The smallest absolute Gasteiger partial charge is 0.375 e. The van der Waals surface area contributed by atoms with Crippen LogP contribution < -0.4 is 0 Å². The number of furan rings is 1. The average Bonchev–Trinajstić information content (AvgIpc) is 3.22. The Labute approximate surface area is 166 Å². The molecule has 8 nitrogen and oxygen atoms in total. The normalized spacial score (nSPS) is 11.5. The molecule has 0 aliphatic heterocycles. The predicted molar refractivity (Wildman–Crippen MR) is 104 cm³/mol. The van der Waals surface area contributed by atoms with Crippen LogP contribution >= 0.6 is 0 Å². The van der Waals surface area contributed by atoms with Crippen LogP contribution in [0.2, 0.25) is 0 Å². The van der Waals surface area contributed by atoms with Crippen molar-refractivity contribution in [1.29, 1.82) is 0 Å². The van der Waals surface area contributed by atoms with E-state index in [1.807, 2.05) is 0 Å². The topological polar surface area (TPSA) is 103 Å². The summed E-state index contributed by atoms with van der Waals surface area (Å²) in [6.07, 6.45) is -1.10. The molecule has 1 aromatic heterocycles. The summed E-state index contributed by atoms with van der Waals surface area (Å²) in [5.41, 5.74) is 1.06. The molecule has 3 aromatic rings. The molecule has 1 atom stereocenters. The molecular formula is C21H18N2O6. The first-order chi connectivity index (χ1) is 13.9. The first-order valence-electron chi connectivity index (χ1n) is 8.68. The van der Waals surface area contributed by atoms with Crippen molar-refractivity contribution in [3.63, 3.8) is 0 Å². The number of nitro benzene ring substituents is 1. The zero-order valence-electron chi connectivity index (χ0n) is 15.8. The van der Waals surface area contributed by atoms with Gasteiger partial charge in [-0.15, -0.1) is 0 Å². The summed E-state index contributed by atoms with van der Waals surface area (Å²) in [4.78, 5) is 36.7. The van der Waals surface area contributed by atoms with Gasteiger partial charge in [0.25, 0.3) is 11.6 Å². The molecule has 2 aromatic carbocycles. The molecule has 0 unspecified atom stereocenters. The van der Waals surface area contributed by atoms with Gasteiger partial charge in [-0.25, -0.2) is 4.79 Å². The van der Waals surface area contributed by atoms with Crippen LogP contribution in [0.5, 0.6) is 0 Å². The third-order valence-electron chi connectivity index (χ3n) is 4.16. The Hall–Kier alpha value is -3.94. The summed E-state index contributed by atoms with van der Waals surface area (Å²) in [6, 6.07) is 17.4. The van der Waals surface area contributed by atoms with Crippen molar-refractivity contribution in [3.8, 4) is 11.3 Å². The monoisotopic (exact) mass is 394 g/mol. The van der Waals surface area contributed by atoms with E-state index in [1.54, 1.807) is 50.5 Å². The van der Waals surface area contributed by atoms with Crippen LogP contribution in [0.4, 0.5) is 5.69 Å². The van der Waals surface area contributed by atoms with E-state index in [0.29, 0.717) is 16.9 Å². The number of nitrogens with zero attached hydrogens (tertiary/aromatic N) is 2. The Morgan fingerprint density at radius 1 is 1.00 bits per heavy atom. The third-order valence-corrected chi connectivity index (χ3v) is 4.16. The molecule has 0 bridgehead atoms. The van der Waals surface area contributed by atoms with Gasteiger partial charge in [-0.1, -0.05) is 30.3 Å². The number of nitro groups is 1. The summed E-state index contributed by atoms with van der Waals surface area (Å²) in [6.45, 7) is 0. The molecule has 0 saturated carbocycles. The van der Waals surface area contributed by atoms with E-state index < -0.39 is 17.0 Å². The van der Waals surface area contributed by atoms with E-state index in [9.17, 15) is 19.7 Å². The van der Waals surface area contributed by atoms with Crippen LogP contribution in [0.25, 0.3) is 11.3 Å². The fourth-order valence-electron chi connectivity index (χ4n) is 2.64. The Morgan fingerprint density at radius 2 is 1.66 bits per heavy atom. The maximum atomic E-state index is 12.6. The molecule has 0 fully saturated rings. The van der Waals surface area contributed by atoms with E-state index in [2.05, 4.69) is 0 Å². The van der Waals surface area contributed by atoms with Crippen LogP contribution in [0, 0.1) is 10.1 Å². The lowest BCUT2D eigenvalue weighted by Gasteiger charge is -2.20. The highest BCUT2D eigenvalue weighted by atomic mass is 16.6. The molecule has 1 amide bonds. The van der Waals surface area contributed by atoms with Gasteiger partial charge in [0.2, 0.25) is 11.9 Å². The Bertz CT molecular complexity index is 1020. The zero-order valence-corrected chi connectivity index (χ0v) is 15.8. The van der Waals surface area contributed by atoms with E-state index in [1.165, 1.54) is 35.2 Å². The van der Waals surface area contributed by atoms with Crippen molar-refractivity contribution in [3.05, 3.63) is 88.2 Å². The highest BCUT2D eigenvalue weighted by Crippen LogP contribution is 2.26. The molecule has 0 spiro atoms. The molecule has 1 heterocycles. The van der Waals surface area contributed by atoms with Gasteiger partial charge in [0.1, 0.15) is 5.76 Å². The van der Waals surface area contributed by atoms with E-state index >= 15 is 0 Å². The minimum Gasteiger partial charge on any atom is -0.449 e. The van der Waals surface area contributed by atoms with Crippen LogP contribution in [-0.2, 0) is 9.53 Å². The lowest BCUT2D eigenvalue weighted by atomic mass is 10.1. The maximum Gasteiger partial charge on any atom is 0.375 e. The molecule has 148 valence electrons. The number of non-ortho nitro benzene ring substituents is 1. The second-order valence-electron chi connectivity index (χ2n) is 6.40. The number of esters is 1. The number of amides is 1. The number of carbonyl (C=O) groups excluding carboxylic acids is 2. The minimum absolute atomic E-state index is 0.0483. The van der Waals surface area contributed by atoms with Crippen LogP contribution in [0.1, 0.15) is 22.2 Å². The first-order valence-corrected chi connectivity index (χ1v) is 8.68. The summed E-state index contributed by atoms with van der Waals surface area (Å²) in [5, 5.41) is 10.8. The number of carbonyl (C=O) groups is 2. The minimum atomic E-state index is -1.10. The van der Waals surface area contributed by atoms with Crippen molar-refractivity contribution in [1.82, 2.24) is 4.90 Å². The third kappa shape index (κ3) is 4.49. The Balaban J connectivity index is 1.81. The molecular weight excluding hydrogens is 376 g/mol. The van der Waals surface area contributed by atoms with Crippen molar-refractivity contribution in [2.24, 2.45) is 0 Å². The number of benzene rings is 2. The van der Waals surface area contributed by atoms with Crippen LogP contribution in [-0.4, -0.2) is 35.8 Å². The number of ether oxygens (including phenoxy) is 1. The molecule has 0 radical (unpaired) electrons. The Kier molecular flexibility index (Phi) is 5.73. The summed E-state index contributed by atoms with van der Waals surface area (Å²) < 4.78 is 11.0. The average molecular weight is 394 g/mol. The van der Waals surface area contributed by atoms with E-state index in [0.717, 1.165) is 0 Å². The van der Waals surface area contributed by atoms with E-state index in [-0.39, 0.29) is 17.4 Å². The summed E-state index contributed by atoms with van der Waals surface area (Å²) >= 11 is 0. The quantitative estimate of drug-likeness (QED) is 0.357. The van der Waals surface area contributed by atoms with Gasteiger partial charge in [-0.05, 0) is 24.3 Å². The van der Waals surface area contributed by atoms with Gasteiger partial charge < -0.3 is 14.1 Å². The zero-order chi connectivity index (χ0) is 21.0. The fraction of sp³-hybridized carbons (Fsp3) is 0.143. The number of hydrogen-bond acceptors (Lipinski definition) is 6.